The van der Waals surface area contributed by atoms with Crippen molar-refractivity contribution in [3.8, 4) is 0 Å². The van der Waals surface area contributed by atoms with Crippen LogP contribution in [0.15, 0.2) is 18.2 Å². The molecule has 3 nitrogen and oxygen atoms in total. The molecule has 4 heteroatoms. The van der Waals surface area contributed by atoms with Crippen LogP contribution in [0, 0.1) is 5.82 Å². The molecule has 1 saturated heterocycles. The van der Waals surface area contributed by atoms with Crippen LogP contribution in [0.1, 0.15) is 18.5 Å². The molecule has 0 aromatic heterocycles. The summed E-state index contributed by atoms with van der Waals surface area (Å²) in [6, 6.07) is 5.62. The summed E-state index contributed by atoms with van der Waals surface area (Å²) in [4.78, 5) is 4.27. The lowest BCUT2D eigenvalue weighted by Crippen LogP contribution is -2.44. The van der Waals surface area contributed by atoms with Crippen molar-refractivity contribution in [1.82, 2.24) is 10.2 Å². The summed E-state index contributed by atoms with van der Waals surface area (Å²) in [6.45, 7) is 6.22. The van der Waals surface area contributed by atoms with Gasteiger partial charge in [-0.3, -0.25) is 4.90 Å². The Morgan fingerprint density at radius 1 is 1.28 bits per heavy atom. The molecule has 0 spiro atoms. The summed E-state index contributed by atoms with van der Waals surface area (Å²) < 4.78 is 14.0. The predicted octanol–water partition coefficient (Wildman–Crippen LogP) is 1.86. The number of rotatable bonds is 3. The van der Waals surface area contributed by atoms with Gasteiger partial charge in [0, 0.05) is 46.3 Å². The van der Waals surface area contributed by atoms with E-state index in [-0.39, 0.29) is 11.9 Å². The third-order valence-corrected chi connectivity index (χ3v) is 3.61. The molecule has 100 valence electrons. The van der Waals surface area contributed by atoms with E-state index in [9.17, 15) is 4.39 Å². The molecule has 0 bridgehead atoms. The molecule has 2 rings (SSSR count). The highest BCUT2D eigenvalue weighted by Gasteiger charge is 2.22. The van der Waals surface area contributed by atoms with Gasteiger partial charge in [0.05, 0.1) is 5.69 Å². The zero-order chi connectivity index (χ0) is 13.1. The Morgan fingerprint density at radius 3 is 2.56 bits per heavy atom. The van der Waals surface area contributed by atoms with Gasteiger partial charge in [0.15, 0.2) is 0 Å². The third-order valence-electron chi connectivity index (χ3n) is 3.61. The first-order valence-corrected chi connectivity index (χ1v) is 6.51. The van der Waals surface area contributed by atoms with Crippen LogP contribution in [0.2, 0.25) is 0 Å². The van der Waals surface area contributed by atoms with Crippen LogP contribution in [0.25, 0.3) is 0 Å². The maximum atomic E-state index is 14.0. The first kappa shape index (κ1) is 13.3. The fraction of sp³-hybridized carbons (Fsp3) is 0.571. The number of hydrogen-bond donors (Lipinski definition) is 1. The van der Waals surface area contributed by atoms with Gasteiger partial charge in [-0.2, -0.15) is 0 Å². The van der Waals surface area contributed by atoms with Gasteiger partial charge in [0.25, 0.3) is 0 Å². The molecule has 0 amide bonds. The Kier molecular flexibility index (Phi) is 4.19. The van der Waals surface area contributed by atoms with E-state index in [2.05, 4.69) is 17.1 Å². The molecule has 18 heavy (non-hydrogen) atoms. The lowest BCUT2D eigenvalue weighted by molar-refractivity contribution is 0.185. The van der Waals surface area contributed by atoms with Crippen molar-refractivity contribution in [1.29, 1.82) is 0 Å². The van der Waals surface area contributed by atoms with E-state index in [4.69, 9.17) is 0 Å². The standard InChI is InChI=1S/C14H22FN3/c1-11(18-9-7-16-8-10-18)12-5-4-6-13(15)14(12)17(2)3/h4-6,11,16H,7-10H2,1-3H3. The highest BCUT2D eigenvalue weighted by atomic mass is 19.1. The van der Waals surface area contributed by atoms with Crippen LogP contribution in [-0.2, 0) is 0 Å². The Morgan fingerprint density at radius 2 is 1.94 bits per heavy atom. The largest absolute Gasteiger partial charge is 0.375 e. The second kappa shape index (κ2) is 5.67. The van der Waals surface area contributed by atoms with Crippen molar-refractivity contribution in [2.75, 3.05) is 45.2 Å². The molecule has 1 N–H and O–H groups in total. The number of benzene rings is 1. The van der Waals surface area contributed by atoms with E-state index < -0.39 is 0 Å². The van der Waals surface area contributed by atoms with Gasteiger partial charge < -0.3 is 10.2 Å². The summed E-state index contributed by atoms with van der Waals surface area (Å²) >= 11 is 0. The highest BCUT2D eigenvalue weighted by molar-refractivity contribution is 5.55. The highest BCUT2D eigenvalue weighted by Crippen LogP contribution is 2.31. The molecule has 1 unspecified atom stereocenters. The Bertz CT molecular complexity index is 400. The minimum Gasteiger partial charge on any atom is -0.375 e. The topological polar surface area (TPSA) is 18.5 Å². The number of nitrogens with zero attached hydrogens (tertiary/aromatic N) is 2. The van der Waals surface area contributed by atoms with Crippen molar-refractivity contribution in [2.45, 2.75) is 13.0 Å². The number of para-hydroxylation sites is 1. The van der Waals surface area contributed by atoms with Crippen LogP contribution in [0.3, 0.4) is 0 Å². The molecule has 0 saturated carbocycles. The van der Waals surface area contributed by atoms with Gasteiger partial charge in [-0.1, -0.05) is 12.1 Å². The second-order valence-corrected chi connectivity index (χ2v) is 5.03. The molecule has 0 aliphatic carbocycles. The van der Waals surface area contributed by atoms with Gasteiger partial charge in [-0.25, -0.2) is 4.39 Å². The van der Waals surface area contributed by atoms with Gasteiger partial charge >= 0.3 is 0 Å². The summed E-state index contributed by atoms with van der Waals surface area (Å²) in [5.41, 5.74) is 1.78. The van der Waals surface area contributed by atoms with Crippen LogP contribution >= 0.6 is 0 Å². The van der Waals surface area contributed by atoms with Crippen molar-refractivity contribution in [2.24, 2.45) is 0 Å². The van der Waals surface area contributed by atoms with Crippen LogP contribution in [-0.4, -0.2) is 45.2 Å². The number of piperazine rings is 1. The number of hydrogen-bond acceptors (Lipinski definition) is 3. The number of anilines is 1. The molecule has 1 fully saturated rings. The molecule has 1 aromatic carbocycles. The molecular formula is C14H22FN3. The molecule has 1 aliphatic heterocycles. The minimum atomic E-state index is -0.139. The maximum Gasteiger partial charge on any atom is 0.146 e. The van der Waals surface area contributed by atoms with Crippen molar-refractivity contribution < 1.29 is 4.39 Å². The van der Waals surface area contributed by atoms with Crippen molar-refractivity contribution in [3.63, 3.8) is 0 Å². The van der Waals surface area contributed by atoms with Gasteiger partial charge in [-0.15, -0.1) is 0 Å². The zero-order valence-corrected chi connectivity index (χ0v) is 11.4. The van der Waals surface area contributed by atoms with E-state index in [1.165, 1.54) is 6.07 Å². The third kappa shape index (κ3) is 2.65. The zero-order valence-electron chi connectivity index (χ0n) is 11.4. The predicted molar refractivity (Wildman–Crippen MR) is 73.6 cm³/mol. The molecule has 1 atom stereocenters. The molecule has 0 radical (unpaired) electrons. The summed E-state index contributed by atoms with van der Waals surface area (Å²) in [5, 5.41) is 3.34. The van der Waals surface area contributed by atoms with Crippen molar-refractivity contribution in [3.05, 3.63) is 29.6 Å². The number of halogens is 1. The van der Waals surface area contributed by atoms with Gasteiger partial charge in [0.1, 0.15) is 5.82 Å². The Balaban J connectivity index is 2.28. The maximum absolute atomic E-state index is 14.0. The minimum absolute atomic E-state index is 0.139. The monoisotopic (exact) mass is 251 g/mol. The van der Waals surface area contributed by atoms with E-state index in [0.717, 1.165) is 31.7 Å². The smallest absolute Gasteiger partial charge is 0.146 e. The molecular weight excluding hydrogens is 229 g/mol. The van der Waals surface area contributed by atoms with Crippen molar-refractivity contribution >= 4 is 5.69 Å². The summed E-state index contributed by atoms with van der Waals surface area (Å²) in [6.07, 6.45) is 0. The van der Waals surface area contributed by atoms with E-state index in [0.29, 0.717) is 5.69 Å². The fourth-order valence-electron chi connectivity index (χ4n) is 2.61. The van der Waals surface area contributed by atoms with Gasteiger partial charge in [0.2, 0.25) is 0 Å². The summed E-state index contributed by atoms with van der Waals surface area (Å²) in [7, 11) is 3.79. The first-order valence-electron chi connectivity index (χ1n) is 6.51. The van der Waals surface area contributed by atoms with E-state index in [1.807, 2.05) is 25.1 Å². The second-order valence-electron chi connectivity index (χ2n) is 5.03. The molecule has 1 aromatic rings. The lowest BCUT2D eigenvalue weighted by atomic mass is 10.0. The number of nitrogens with one attached hydrogen (secondary N) is 1. The quantitative estimate of drug-likeness (QED) is 0.884. The normalized spacial score (nSPS) is 18.7. The molecule has 1 heterocycles. The average molecular weight is 251 g/mol. The van der Waals surface area contributed by atoms with Crippen LogP contribution < -0.4 is 10.2 Å². The first-order chi connectivity index (χ1) is 8.61. The Labute approximate surface area is 109 Å². The fourth-order valence-corrected chi connectivity index (χ4v) is 2.61. The lowest BCUT2D eigenvalue weighted by Gasteiger charge is -2.34. The average Bonchev–Trinajstić information content (AvgIpc) is 2.38. The SMILES string of the molecule is CC(c1cccc(F)c1N(C)C)N1CCNCC1. The van der Waals surface area contributed by atoms with E-state index in [1.54, 1.807) is 6.07 Å². The van der Waals surface area contributed by atoms with Crippen LogP contribution in [0.5, 0.6) is 0 Å². The summed E-state index contributed by atoms with van der Waals surface area (Å²) in [5.74, 6) is -0.139. The van der Waals surface area contributed by atoms with Gasteiger partial charge in [-0.05, 0) is 18.6 Å². The Hall–Kier alpha value is -1.13. The van der Waals surface area contributed by atoms with Crippen LogP contribution in [0.4, 0.5) is 10.1 Å². The molecule has 1 aliphatic rings. The van der Waals surface area contributed by atoms with E-state index >= 15 is 0 Å².